The molecule has 1 atom stereocenters. The number of alkyl halides is 5. The van der Waals surface area contributed by atoms with Gasteiger partial charge < -0.3 is 0 Å². The monoisotopic (exact) mass is 312 g/mol. The van der Waals surface area contributed by atoms with Gasteiger partial charge in [0.2, 0.25) is 0 Å². The van der Waals surface area contributed by atoms with E-state index in [1.807, 2.05) is 13.8 Å². The maximum Gasteiger partial charge on any atom is 0.192 e. The average molecular weight is 314 g/mol. The summed E-state index contributed by atoms with van der Waals surface area (Å²) in [5.41, 5.74) is -0.433. The van der Waals surface area contributed by atoms with Gasteiger partial charge in [0.1, 0.15) is 5.78 Å². The highest BCUT2D eigenvalue weighted by Crippen LogP contribution is 2.40. The van der Waals surface area contributed by atoms with Crippen LogP contribution in [0, 0.1) is 5.41 Å². The van der Waals surface area contributed by atoms with Crippen LogP contribution in [0.2, 0.25) is 0 Å². The van der Waals surface area contributed by atoms with E-state index in [0.29, 0.717) is 0 Å². The molecule has 0 aromatic rings. The lowest BCUT2D eigenvalue weighted by molar-refractivity contribution is -0.118. The van der Waals surface area contributed by atoms with E-state index in [-0.39, 0.29) is 24.5 Å². The molecule has 0 N–H and O–H groups in total. The van der Waals surface area contributed by atoms with Crippen LogP contribution in [-0.4, -0.2) is 20.8 Å². The Balaban J connectivity index is 4.38. The minimum absolute atomic E-state index is 0.0131. The standard InChI is InChI=1S/C9H13Cl5O/c1-8(2,3-6(15)5-10)7(11)4-9(12,13)14/h7H,3-5H2,1-2H3. The first kappa shape index (κ1) is 16.1. The predicted molar refractivity (Wildman–Crippen MR) is 68.7 cm³/mol. The third-order valence-corrected chi connectivity index (χ3v) is 3.57. The van der Waals surface area contributed by atoms with Crippen LogP contribution in [0.4, 0.5) is 0 Å². The molecule has 90 valence electrons. The highest BCUT2D eigenvalue weighted by Gasteiger charge is 2.35. The number of carbonyl (C=O) groups is 1. The van der Waals surface area contributed by atoms with Crippen molar-refractivity contribution in [1.82, 2.24) is 0 Å². The lowest BCUT2D eigenvalue weighted by Crippen LogP contribution is -2.31. The van der Waals surface area contributed by atoms with Crippen molar-refractivity contribution < 1.29 is 4.79 Å². The summed E-state index contributed by atoms with van der Waals surface area (Å²) in [5, 5.41) is -0.392. The Morgan fingerprint density at radius 3 is 2.07 bits per heavy atom. The van der Waals surface area contributed by atoms with Crippen molar-refractivity contribution in [3.05, 3.63) is 0 Å². The molecule has 0 saturated heterocycles. The molecule has 1 nitrogen and oxygen atoms in total. The van der Waals surface area contributed by atoms with E-state index < -0.39 is 14.6 Å². The third-order valence-electron chi connectivity index (χ3n) is 2.06. The van der Waals surface area contributed by atoms with Crippen molar-refractivity contribution in [2.75, 3.05) is 5.88 Å². The quantitative estimate of drug-likeness (QED) is 0.679. The van der Waals surface area contributed by atoms with E-state index in [0.717, 1.165) is 0 Å². The van der Waals surface area contributed by atoms with Gasteiger partial charge in [-0.3, -0.25) is 4.79 Å². The van der Waals surface area contributed by atoms with Gasteiger partial charge in [-0.1, -0.05) is 48.7 Å². The molecule has 0 aliphatic heterocycles. The first-order chi connectivity index (χ1) is 6.58. The minimum atomic E-state index is -1.40. The van der Waals surface area contributed by atoms with Gasteiger partial charge in [0.05, 0.1) is 5.88 Å². The Morgan fingerprint density at radius 1 is 1.27 bits per heavy atom. The van der Waals surface area contributed by atoms with Crippen LogP contribution in [0.25, 0.3) is 0 Å². The van der Waals surface area contributed by atoms with Gasteiger partial charge in [-0.25, -0.2) is 0 Å². The molecule has 6 heteroatoms. The summed E-state index contributed by atoms with van der Waals surface area (Å²) in [6, 6.07) is 0. The summed E-state index contributed by atoms with van der Waals surface area (Å²) < 4.78 is -1.40. The number of hydrogen-bond donors (Lipinski definition) is 0. The van der Waals surface area contributed by atoms with E-state index in [1.165, 1.54) is 0 Å². The number of Topliss-reactive ketones (excluding diaryl/α,β-unsaturated/α-hetero) is 1. The summed E-state index contributed by atoms with van der Waals surface area (Å²) in [5.74, 6) is -0.0718. The highest BCUT2D eigenvalue weighted by atomic mass is 35.6. The molecule has 0 saturated carbocycles. The molecule has 0 aliphatic carbocycles. The summed E-state index contributed by atoms with van der Waals surface area (Å²) in [4.78, 5) is 11.2. The number of hydrogen-bond acceptors (Lipinski definition) is 1. The summed E-state index contributed by atoms with van der Waals surface area (Å²) in [6.07, 6.45) is 0.479. The Kier molecular flexibility index (Phi) is 6.62. The lowest BCUT2D eigenvalue weighted by Gasteiger charge is -2.31. The maximum absolute atomic E-state index is 11.2. The van der Waals surface area contributed by atoms with Gasteiger partial charge in [-0.2, -0.15) is 0 Å². The predicted octanol–water partition coefficient (Wildman–Crippen LogP) is 4.58. The van der Waals surface area contributed by atoms with Crippen molar-refractivity contribution in [3.8, 4) is 0 Å². The van der Waals surface area contributed by atoms with Crippen LogP contribution in [0.15, 0.2) is 0 Å². The van der Waals surface area contributed by atoms with Gasteiger partial charge in [0, 0.05) is 18.2 Å². The zero-order chi connectivity index (χ0) is 12.3. The molecule has 0 spiro atoms. The molecule has 0 heterocycles. The second-order valence-corrected chi connectivity index (χ2v) is 7.43. The van der Waals surface area contributed by atoms with Crippen molar-refractivity contribution in [2.24, 2.45) is 5.41 Å². The molecular formula is C9H13Cl5O. The lowest BCUT2D eigenvalue weighted by atomic mass is 9.82. The first-order valence-electron chi connectivity index (χ1n) is 4.37. The SMILES string of the molecule is CC(C)(CC(=O)CCl)C(Cl)CC(Cl)(Cl)Cl. The Hall–Kier alpha value is 1.12. The summed E-state index contributed by atoms with van der Waals surface area (Å²) in [7, 11) is 0. The fourth-order valence-corrected chi connectivity index (χ4v) is 2.25. The van der Waals surface area contributed by atoms with E-state index in [4.69, 9.17) is 58.0 Å². The Morgan fingerprint density at radius 2 is 1.73 bits per heavy atom. The van der Waals surface area contributed by atoms with Crippen LogP contribution < -0.4 is 0 Å². The normalized spacial score (nSPS) is 15.1. The molecule has 0 rings (SSSR count). The van der Waals surface area contributed by atoms with Gasteiger partial charge in [-0.15, -0.1) is 23.2 Å². The second-order valence-electron chi connectivity index (χ2n) is 4.12. The van der Waals surface area contributed by atoms with Crippen molar-refractivity contribution >= 4 is 63.8 Å². The van der Waals surface area contributed by atoms with Gasteiger partial charge in [0.15, 0.2) is 3.79 Å². The van der Waals surface area contributed by atoms with Crippen LogP contribution in [-0.2, 0) is 4.79 Å². The summed E-state index contributed by atoms with van der Waals surface area (Å²) in [6.45, 7) is 3.71. The number of ketones is 1. The molecule has 1 unspecified atom stereocenters. The highest BCUT2D eigenvalue weighted by molar-refractivity contribution is 6.67. The van der Waals surface area contributed by atoms with E-state index in [1.54, 1.807) is 0 Å². The largest absolute Gasteiger partial charge is 0.298 e. The summed E-state index contributed by atoms with van der Waals surface area (Å²) >= 11 is 28.5. The zero-order valence-corrected chi connectivity index (χ0v) is 12.3. The van der Waals surface area contributed by atoms with Crippen molar-refractivity contribution in [2.45, 2.75) is 35.9 Å². The smallest absolute Gasteiger partial charge is 0.192 e. The Labute approximate surface area is 115 Å². The van der Waals surface area contributed by atoms with Gasteiger partial charge in [-0.05, 0) is 5.41 Å². The van der Waals surface area contributed by atoms with Crippen LogP contribution in [0.5, 0.6) is 0 Å². The molecule has 0 amide bonds. The van der Waals surface area contributed by atoms with E-state index >= 15 is 0 Å². The molecular weight excluding hydrogens is 301 g/mol. The van der Waals surface area contributed by atoms with Gasteiger partial charge >= 0.3 is 0 Å². The van der Waals surface area contributed by atoms with Crippen molar-refractivity contribution in [1.29, 1.82) is 0 Å². The zero-order valence-electron chi connectivity index (χ0n) is 8.50. The first-order valence-corrected chi connectivity index (χ1v) is 6.47. The van der Waals surface area contributed by atoms with E-state index in [2.05, 4.69) is 0 Å². The number of halogens is 5. The molecule has 0 radical (unpaired) electrons. The second kappa shape index (κ2) is 6.16. The molecule has 0 aromatic heterocycles. The van der Waals surface area contributed by atoms with Crippen LogP contribution in [0.3, 0.4) is 0 Å². The minimum Gasteiger partial charge on any atom is -0.298 e. The molecule has 0 bridgehead atoms. The number of rotatable bonds is 5. The fourth-order valence-electron chi connectivity index (χ4n) is 1.15. The maximum atomic E-state index is 11.2. The topological polar surface area (TPSA) is 17.1 Å². The fraction of sp³-hybridized carbons (Fsp3) is 0.889. The Bertz CT molecular complexity index is 221. The van der Waals surface area contributed by atoms with Crippen LogP contribution in [0.1, 0.15) is 26.7 Å². The molecule has 0 fully saturated rings. The van der Waals surface area contributed by atoms with Gasteiger partial charge in [0.25, 0.3) is 0 Å². The number of carbonyl (C=O) groups excluding carboxylic acids is 1. The molecule has 0 aromatic carbocycles. The van der Waals surface area contributed by atoms with E-state index in [9.17, 15) is 4.79 Å². The molecule has 0 aliphatic rings. The van der Waals surface area contributed by atoms with Crippen LogP contribution >= 0.6 is 58.0 Å². The third kappa shape index (κ3) is 7.12. The average Bonchev–Trinajstić information content (AvgIpc) is 2.00. The van der Waals surface area contributed by atoms with Crippen molar-refractivity contribution in [3.63, 3.8) is 0 Å². The molecule has 15 heavy (non-hydrogen) atoms.